The van der Waals surface area contributed by atoms with Crippen LogP contribution in [0.1, 0.15) is 26.3 Å². The SMILES string of the molecule is CCOC(=O)C1=C(N(CC)CC)O/C(=C\c2c[nH]c3ncccc23)C1=O. The van der Waals surface area contributed by atoms with E-state index in [0.29, 0.717) is 18.7 Å². The summed E-state index contributed by atoms with van der Waals surface area (Å²) < 4.78 is 10.9. The number of allylic oxidation sites excluding steroid dienone is 1. The van der Waals surface area contributed by atoms with Crippen LogP contribution in [0.3, 0.4) is 0 Å². The Kier molecular flexibility index (Phi) is 5.06. The van der Waals surface area contributed by atoms with Gasteiger partial charge in [0.05, 0.1) is 6.61 Å². The molecule has 0 aromatic carbocycles. The third kappa shape index (κ3) is 3.08. The molecule has 0 saturated carbocycles. The summed E-state index contributed by atoms with van der Waals surface area (Å²) in [7, 11) is 0. The normalized spacial score (nSPS) is 15.7. The molecule has 0 spiro atoms. The van der Waals surface area contributed by atoms with Crippen molar-refractivity contribution in [2.45, 2.75) is 20.8 Å². The number of aromatic amines is 1. The minimum Gasteiger partial charge on any atom is -0.462 e. The molecular formula is C19H21N3O4. The number of nitrogens with zero attached hydrogens (tertiary/aromatic N) is 2. The lowest BCUT2D eigenvalue weighted by atomic mass is 10.1. The molecule has 0 atom stereocenters. The lowest BCUT2D eigenvalue weighted by Gasteiger charge is -2.21. The fraction of sp³-hybridized carbons (Fsp3) is 0.316. The van der Waals surface area contributed by atoms with Gasteiger partial charge in [0, 0.05) is 36.4 Å². The van der Waals surface area contributed by atoms with Gasteiger partial charge < -0.3 is 19.4 Å². The molecule has 0 aliphatic carbocycles. The quantitative estimate of drug-likeness (QED) is 0.487. The molecule has 2 aromatic rings. The van der Waals surface area contributed by atoms with Gasteiger partial charge in [0.25, 0.3) is 0 Å². The standard InChI is InChI=1S/C19H21N3O4/c1-4-22(5-2)18-15(19(24)25-6-3)16(23)14(26-18)10-12-11-21-17-13(12)8-7-9-20-17/h7-11H,4-6H2,1-3H3,(H,20,21)/b14-10-. The highest BCUT2D eigenvalue weighted by atomic mass is 16.5. The molecular weight excluding hydrogens is 334 g/mol. The predicted octanol–water partition coefficient (Wildman–Crippen LogP) is 2.62. The van der Waals surface area contributed by atoms with E-state index in [9.17, 15) is 9.59 Å². The van der Waals surface area contributed by atoms with E-state index in [1.165, 1.54) is 0 Å². The summed E-state index contributed by atoms with van der Waals surface area (Å²) in [6.07, 6.45) is 5.06. The Morgan fingerprint density at radius 1 is 1.35 bits per heavy atom. The van der Waals surface area contributed by atoms with E-state index in [-0.39, 0.29) is 23.8 Å². The molecule has 1 aliphatic rings. The van der Waals surface area contributed by atoms with Crippen molar-refractivity contribution in [3.63, 3.8) is 0 Å². The molecule has 7 nitrogen and oxygen atoms in total. The number of H-pyrrole nitrogens is 1. The molecule has 0 radical (unpaired) electrons. The lowest BCUT2D eigenvalue weighted by molar-refractivity contribution is -0.139. The molecule has 0 saturated heterocycles. The predicted molar refractivity (Wildman–Crippen MR) is 96.7 cm³/mol. The number of aromatic nitrogens is 2. The molecule has 3 heterocycles. The summed E-state index contributed by atoms with van der Waals surface area (Å²) in [4.78, 5) is 34.2. The first-order chi connectivity index (χ1) is 12.6. The highest BCUT2D eigenvalue weighted by Gasteiger charge is 2.38. The maximum atomic E-state index is 12.8. The number of carbonyl (C=O) groups excluding carboxylic acids is 2. The number of rotatable bonds is 6. The van der Waals surface area contributed by atoms with Crippen molar-refractivity contribution in [3.05, 3.63) is 47.3 Å². The zero-order chi connectivity index (χ0) is 18.7. The monoisotopic (exact) mass is 355 g/mol. The molecule has 136 valence electrons. The van der Waals surface area contributed by atoms with E-state index in [1.807, 2.05) is 30.9 Å². The van der Waals surface area contributed by atoms with Crippen molar-refractivity contribution in [3.8, 4) is 0 Å². The highest BCUT2D eigenvalue weighted by molar-refractivity contribution is 6.26. The summed E-state index contributed by atoms with van der Waals surface area (Å²) in [5, 5.41) is 0.866. The van der Waals surface area contributed by atoms with Crippen LogP contribution < -0.4 is 0 Å². The first-order valence-electron chi connectivity index (χ1n) is 8.63. The topological polar surface area (TPSA) is 84.5 Å². The van der Waals surface area contributed by atoms with Crippen LogP contribution in [0.15, 0.2) is 41.7 Å². The van der Waals surface area contributed by atoms with Crippen LogP contribution in [0, 0.1) is 0 Å². The number of carbonyl (C=O) groups is 2. The van der Waals surface area contributed by atoms with Gasteiger partial charge in [-0.3, -0.25) is 4.79 Å². The van der Waals surface area contributed by atoms with Crippen molar-refractivity contribution in [1.29, 1.82) is 0 Å². The van der Waals surface area contributed by atoms with Crippen molar-refractivity contribution in [1.82, 2.24) is 14.9 Å². The third-order valence-electron chi connectivity index (χ3n) is 4.17. The largest absolute Gasteiger partial charge is 0.462 e. The number of Topliss-reactive ketones (excluding diaryl/α,β-unsaturated/α-hetero) is 1. The van der Waals surface area contributed by atoms with Gasteiger partial charge in [0.2, 0.25) is 11.7 Å². The summed E-state index contributed by atoms with van der Waals surface area (Å²) >= 11 is 0. The van der Waals surface area contributed by atoms with Gasteiger partial charge in [-0.25, -0.2) is 9.78 Å². The van der Waals surface area contributed by atoms with E-state index in [1.54, 1.807) is 25.4 Å². The van der Waals surface area contributed by atoms with E-state index in [2.05, 4.69) is 9.97 Å². The van der Waals surface area contributed by atoms with Crippen LogP contribution in [0.5, 0.6) is 0 Å². The zero-order valence-corrected chi connectivity index (χ0v) is 15.0. The number of nitrogens with one attached hydrogen (secondary N) is 1. The van der Waals surface area contributed by atoms with Gasteiger partial charge in [-0.2, -0.15) is 0 Å². The Balaban J connectivity index is 2.01. The molecule has 0 fully saturated rings. The van der Waals surface area contributed by atoms with Gasteiger partial charge in [-0.1, -0.05) is 0 Å². The second kappa shape index (κ2) is 7.43. The van der Waals surface area contributed by atoms with Crippen LogP contribution >= 0.6 is 0 Å². The minimum atomic E-state index is -0.664. The van der Waals surface area contributed by atoms with Gasteiger partial charge >= 0.3 is 5.97 Å². The zero-order valence-electron chi connectivity index (χ0n) is 15.0. The number of hydrogen-bond acceptors (Lipinski definition) is 6. The van der Waals surface area contributed by atoms with Crippen LogP contribution in [0.2, 0.25) is 0 Å². The molecule has 0 bridgehead atoms. The van der Waals surface area contributed by atoms with E-state index < -0.39 is 11.8 Å². The van der Waals surface area contributed by atoms with Crippen molar-refractivity contribution in [2.75, 3.05) is 19.7 Å². The fourth-order valence-corrected chi connectivity index (χ4v) is 2.87. The molecule has 3 rings (SSSR count). The van der Waals surface area contributed by atoms with E-state index in [4.69, 9.17) is 9.47 Å². The van der Waals surface area contributed by atoms with Gasteiger partial charge in [0.1, 0.15) is 5.65 Å². The van der Waals surface area contributed by atoms with Crippen molar-refractivity contribution >= 4 is 28.9 Å². The smallest absolute Gasteiger partial charge is 0.347 e. The molecule has 1 N–H and O–H groups in total. The van der Waals surface area contributed by atoms with Gasteiger partial charge in [-0.05, 0) is 39.0 Å². The lowest BCUT2D eigenvalue weighted by Crippen LogP contribution is -2.25. The summed E-state index contributed by atoms with van der Waals surface area (Å²) in [6, 6.07) is 3.72. The number of esters is 1. The molecule has 0 amide bonds. The molecule has 1 aliphatic heterocycles. The van der Waals surface area contributed by atoms with E-state index in [0.717, 1.165) is 10.9 Å². The van der Waals surface area contributed by atoms with Gasteiger partial charge in [-0.15, -0.1) is 0 Å². The highest BCUT2D eigenvalue weighted by Crippen LogP contribution is 2.31. The second-order valence-corrected chi connectivity index (χ2v) is 5.66. The Bertz CT molecular complexity index is 906. The Morgan fingerprint density at radius 2 is 2.12 bits per heavy atom. The van der Waals surface area contributed by atoms with Crippen LogP contribution in [-0.2, 0) is 19.1 Å². The van der Waals surface area contributed by atoms with Crippen LogP contribution in [-0.4, -0.2) is 46.3 Å². The molecule has 2 aromatic heterocycles. The summed E-state index contributed by atoms with van der Waals surface area (Å²) in [5.74, 6) is -0.783. The Hall–Kier alpha value is -3.09. The number of pyridine rings is 1. The average Bonchev–Trinajstić information content (AvgIpc) is 3.19. The molecule has 26 heavy (non-hydrogen) atoms. The fourth-order valence-electron chi connectivity index (χ4n) is 2.87. The number of ketones is 1. The van der Waals surface area contributed by atoms with Crippen molar-refractivity contribution in [2.24, 2.45) is 0 Å². The second-order valence-electron chi connectivity index (χ2n) is 5.66. The molecule has 7 heteroatoms. The van der Waals surface area contributed by atoms with Gasteiger partial charge in [0.15, 0.2) is 11.3 Å². The van der Waals surface area contributed by atoms with Crippen LogP contribution in [0.4, 0.5) is 0 Å². The summed E-state index contributed by atoms with van der Waals surface area (Å²) in [5.41, 5.74) is 1.42. The summed E-state index contributed by atoms with van der Waals surface area (Å²) in [6.45, 7) is 6.96. The number of hydrogen-bond donors (Lipinski definition) is 1. The first-order valence-corrected chi connectivity index (χ1v) is 8.63. The Labute approximate surface area is 151 Å². The average molecular weight is 355 g/mol. The minimum absolute atomic E-state index is 0.0558. The number of ether oxygens (including phenoxy) is 2. The van der Waals surface area contributed by atoms with Crippen LogP contribution in [0.25, 0.3) is 17.1 Å². The maximum absolute atomic E-state index is 12.8. The maximum Gasteiger partial charge on any atom is 0.347 e. The Morgan fingerprint density at radius 3 is 2.81 bits per heavy atom. The van der Waals surface area contributed by atoms with E-state index >= 15 is 0 Å². The third-order valence-corrected chi connectivity index (χ3v) is 4.17. The first kappa shape index (κ1) is 17.7. The molecule has 0 unspecified atom stereocenters. The number of fused-ring (bicyclic) bond motifs is 1. The van der Waals surface area contributed by atoms with Crippen molar-refractivity contribution < 1.29 is 19.1 Å².